The molecule has 18 heavy (non-hydrogen) atoms. The Morgan fingerprint density at radius 2 is 2.00 bits per heavy atom. The summed E-state index contributed by atoms with van der Waals surface area (Å²) < 4.78 is 0. The fourth-order valence-electron chi connectivity index (χ4n) is 2.09. The third-order valence-corrected chi connectivity index (χ3v) is 4.00. The van der Waals surface area contributed by atoms with Crippen molar-refractivity contribution < 1.29 is 0 Å². The zero-order chi connectivity index (χ0) is 13.1. The van der Waals surface area contributed by atoms with Crippen molar-refractivity contribution in [3.05, 3.63) is 22.2 Å². The summed E-state index contributed by atoms with van der Waals surface area (Å²) in [5.41, 5.74) is 7.39. The number of anilines is 2. The molecule has 5 heteroatoms. The highest BCUT2D eigenvalue weighted by molar-refractivity contribution is 6.42. The number of nitrogen functional groups attached to an aromatic ring is 1. The summed E-state index contributed by atoms with van der Waals surface area (Å²) in [5.74, 6) is 0. The van der Waals surface area contributed by atoms with Crippen LogP contribution in [-0.4, -0.2) is 30.6 Å². The Morgan fingerprint density at radius 3 is 2.61 bits per heavy atom. The van der Waals surface area contributed by atoms with Gasteiger partial charge in [-0.15, -0.1) is 0 Å². The van der Waals surface area contributed by atoms with E-state index in [1.54, 1.807) is 12.1 Å². The molecule has 1 saturated carbocycles. The van der Waals surface area contributed by atoms with Crippen molar-refractivity contribution in [2.75, 3.05) is 30.7 Å². The lowest BCUT2D eigenvalue weighted by Crippen LogP contribution is -2.31. The molecule has 1 aliphatic carbocycles. The molecule has 0 amide bonds. The van der Waals surface area contributed by atoms with Crippen LogP contribution in [0.1, 0.15) is 19.8 Å². The maximum atomic E-state index is 5.98. The minimum Gasteiger partial charge on any atom is -0.397 e. The van der Waals surface area contributed by atoms with Crippen molar-refractivity contribution in [2.24, 2.45) is 0 Å². The zero-order valence-electron chi connectivity index (χ0n) is 10.5. The van der Waals surface area contributed by atoms with E-state index in [2.05, 4.69) is 17.1 Å². The maximum absolute atomic E-state index is 5.98. The van der Waals surface area contributed by atoms with Gasteiger partial charge in [0.25, 0.3) is 0 Å². The van der Waals surface area contributed by atoms with Crippen LogP contribution in [0.5, 0.6) is 0 Å². The molecule has 0 heterocycles. The summed E-state index contributed by atoms with van der Waals surface area (Å²) >= 11 is 11.9. The smallest absolute Gasteiger partial charge is 0.0614 e. The number of nitrogens with zero attached hydrogens (tertiary/aromatic N) is 1. The molecule has 1 fully saturated rings. The first-order valence-corrected chi connectivity index (χ1v) is 7.10. The summed E-state index contributed by atoms with van der Waals surface area (Å²) in [7, 11) is 0. The van der Waals surface area contributed by atoms with Gasteiger partial charge in [-0.1, -0.05) is 30.1 Å². The van der Waals surface area contributed by atoms with Gasteiger partial charge >= 0.3 is 0 Å². The van der Waals surface area contributed by atoms with E-state index in [1.165, 1.54) is 12.8 Å². The highest BCUT2D eigenvalue weighted by Gasteiger charge is 2.27. The Balaban J connectivity index is 1.87. The molecular weight excluding hydrogens is 269 g/mol. The molecule has 0 bridgehead atoms. The molecule has 0 saturated heterocycles. The largest absolute Gasteiger partial charge is 0.397 e. The summed E-state index contributed by atoms with van der Waals surface area (Å²) in [5, 5.41) is 4.34. The van der Waals surface area contributed by atoms with Gasteiger partial charge in [0, 0.05) is 19.1 Å². The zero-order valence-corrected chi connectivity index (χ0v) is 12.1. The third-order valence-electron chi connectivity index (χ3n) is 3.28. The minimum atomic E-state index is 0.493. The lowest BCUT2D eigenvalue weighted by Gasteiger charge is -2.20. The second-order valence-electron chi connectivity index (χ2n) is 4.64. The van der Waals surface area contributed by atoms with Gasteiger partial charge in [-0.05, 0) is 31.5 Å². The summed E-state index contributed by atoms with van der Waals surface area (Å²) in [6.45, 7) is 5.20. The van der Waals surface area contributed by atoms with Crippen molar-refractivity contribution in [3.8, 4) is 0 Å². The molecule has 2 rings (SSSR count). The van der Waals surface area contributed by atoms with Crippen LogP contribution < -0.4 is 11.1 Å². The van der Waals surface area contributed by atoms with Gasteiger partial charge in [-0.25, -0.2) is 0 Å². The number of halogens is 2. The average molecular weight is 288 g/mol. The van der Waals surface area contributed by atoms with Crippen LogP contribution in [0, 0.1) is 0 Å². The second kappa shape index (κ2) is 6.00. The molecule has 0 spiro atoms. The van der Waals surface area contributed by atoms with Crippen LogP contribution in [0.25, 0.3) is 0 Å². The molecule has 1 aliphatic rings. The summed E-state index contributed by atoms with van der Waals surface area (Å²) in [6.07, 6.45) is 2.67. The number of benzene rings is 1. The van der Waals surface area contributed by atoms with Gasteiger partial charge in [-0.3, -0.25) is 4.90 Å². The van der Waals surface area contributed by atoms with Crippen molar-refractivity contribution in [1.82, 2.24) is 4.90 Å². The van der Waals surface area contributed by atoms with Gasteiger partial charge in [0.15, 0.2) is 0 Å². The van der Waals surface area contributed by atoms with E-state index in [4.69, 9.17) is 28.9 Å². The Bertz CT molecular complexity index is 419. The quantitative estimate of drug-likeness (QED) is 0.787. The van der Waals surface area contributed by atoms with E-state index in [-0.39, 0.29) is 0 Å². The Labute approximate surface area is 118 Å². The van der Waals surface area contributed by atoms with Crippen molar-refractivity contribution in [3.63, 3.8) is 0 Å². The van der Waals surface area contributed by atoms with E-state index in [0.29, 0.717) is 15.7 Å². The van der Waals surface area contributed by atoms with Crippen LogP contribution in [0.3, 0.4) is 0 Å². The van der Waals surface area contributed by atoms with E-state index >= 15 is 0 Å². The normalized spacial score (nSPS) is 15.1. The molecule has 0 radical (unpaired) electrons. The van der Waals surface area contributed by atoms with Crippen LogP contribution in [0.15, 0.2) is 12.1 Å². The van der Waals surface area contributed by atoms with Crippen molar-refractivity contribution in [2.45, 2.75) is 25.8 Å². The van der Waals surface area contributed by atoms with Gasteiger partial charge in [0.05, 0.1) is 21.4 Å². The molecular formula is C13H19Cl2N3. The molecule has 100 valence electrons. The van der Waals surface area contributed by atoms with Crippen LogP contribution in [0.4, 0.5) is 11.4 Å². The molecule has 0 aromatic heterocycles. The number of rotatable bonds is 6. The minimum absolute atomic E-state index is 0.493. The van der Waals surface area contributed by atoms with E-state index in [1.807, 2.05) is 0 Å². The molecule has 1 aromatic rings. The lowest BCUT2D eigenvalue weighted by molar-refractivity contribution is 0.289. The maximum Gasteiger partial charge on any atom is 0.0614 e. The molecule has 0 aliphatic heterocycles. The predicted octanol–water partition coefficient (Wildman–Crippen LogP) is 3.47. The Morgan fingerprint density at radius 1 is 1.33 bits per heavy atom. The van der Waals surface area contributed by atoms with Crippen molar-refractivity contribution >= 4 is 34.6 Å². The number of hydrogen-bond acceptors (Lipinski definition) is 3. The summed E-state index contributed by atoms with van der Waals surface area (Å²) in [6, 6.07) is 4.26. The SMILES string of the molecule is CCN(CCNc1cc(Cl)c(Cl)cc1N)C1CC1. The number of hydrogen-bond donors (Lipinski definition) is 2. The molecule has 0 atom stereocenters. The first-order valence-electron chi connectivity index (χ1n) is 6.34. The Hall–Kier alpha value is -0.640. The Kier molecular flexibility index (Phi) is 4.60. The molecule has 0 unspecified atom stereocenters. The topological polar surface area (TPSA) is 41.3 Å². The predicted molar refractivity (Wildman–Crippen MR) is 79.6 cm³/mol. The number of nitrogens with two attached hydrogens (primary N) is 1. The van der Waals surface area contributed by atoms with Crippen molar-refractivity contribution in [1.29, 1.82) is 0 Å². The summed E-state index contributed by atoms with van der Waals surface area (Å²) in [4.78, 5) is 2.49. The van der Waals surface area contributed by atoms with Gasteiger partial charge < -0.3 is 11.1 Å². The standard InChI is InChI=1S/C13H19Cl2N3/c1-2-18(9-3-4-9)6-5-17-13-8-11(15)10(14)7-12(13)16/h7-9,17H,2-6,16H2,1H3. The van der Waals surface area contributed by atoms with Gasteiger partial charge in [0.2, 0.25) is 0 Å². The molecule has 3 nitrogen and oxygen atoms in total. The van der Waals surface area contributed by atoms with E-state index in [9.17, 15) is 0 Å². The fraction of sp³-hybridized carbons (Fsp3) is 0.538. The monoisotopic (exact) mass is 287 g/mol. The highest BCUT2D eigenvalue weighted by atomic mass is 35.5. The fourth-order valence-corrected chi connectivity index (χ4v) is 2.42. The lowest BCUT2D eigenvalue weighted by atomic mass is 10.2. The number of nitrogens with one attached hydrogen (secondary N) is 1. The van der Waals surface area contributed by atoms with Crippen LogP contribution >= 0.6 is 23.2 Å². The molecule has 1 aromatic carbocycles. The van der Waals surface area contributed by atoms with Crippen LogP contribution in [0.2, 0.25) is 10.0 Å². The van der Waals surface area contributed by atoms with E-state index in [0.717, 1.165) is 31.4 Å². The first-order chi connectivity index (χ1) is 8.61. The van der Waals surface area contributed by atoms with E-state index < -0.39 is 0 Å². The number of likely N-dealkylation sites (N-methyl/N-ethyl adjacent to an activating group) is 1. The third kappa shape index (κ3) is 3.44. The highest BCUT2D eigenvalue weighted by Crippen LogP contribution is 2.31. The molecule has 3 N–H and O–H groups in total. The second-order valence-corrected chi connectivity index (χ2v) is 5.45. The van der Waals surface area contributed by atoms with Gasteiger partial charge in [-0.2, -0.15) is 0 Å². The first kappa shape index (κ1) is 13.8. The average Bonchev–Trinajstić information content (AvgIpc) is 3.15. The van der Waals surface area contributed by atoms with Crippen LogP contribution in [-0.2, 0) is 0 Å². The van der Waals surface area contributed by atoms with Gasteiger partial charge in [0.1, 0.15) is 0 Å².